The molecule has 2 rings (SSSR count). The lowest BCUT2D eigenvalue weighted by atomic mass is 10.2. The number of thiazole rings is 1. The van der Waals surface area contributed by atoms with Gasteiger partial charge in [0.05, 0.1) is 5.69 Å². The normalized spacial score (nSPS) is 12.4. The molecule has 0 saturated heterocycles. The van der Waals surface area contributed by atoms with E-state index in [9.17, 15) is 0 Å². The predicted molar refractivity (Wildman–Crippen MR) is 87.9 cm³/mol. The summed E-state index contributed by atoms with van der Waals surface area (Å²) in [6.45, 7) is 5.06. The smallest absolute Gasteiger partial charge is 0.185 e. The Morgan fingerprint density at radius 2 is 2.00 bits per heavy atom. The van der Waals surface area contributed by atoms with E-state index in [1.165, 1.54) is 10.4 Å². The van der Waals surface area contributed by atoms with Gasteiger partial charge in [-0.25, -0.2) is 4.98 Å². The highest BCUT2D eigenvalue weighted by molar-refractivity contribution is 7.15. The van der Waals surface area contributed by atoms with Gasteiger partial charge >= 0.3 is 0 Å². The Morgan fingerprint density at radius 1 is 1.35 bits per heavy atom. The van der Waals surface area contributed by atoms with E-state index < -0.39 is 0 Å². The molecule has 0 saturated carbocycles. The fourth-order valence-electron chi connectivity index (χ4n) is 2.02. The van der Waals surface area contributed by atoms with Crippen LogP contribution in [0.4, 0.5) is 5.13 Å². The van der Waals surface area contributed by atoms with Crippen LogP contribution in [0.1, 0.15) is 29.1 Å². The molecule has 0 bridgehead atoms. The summed E-state index contributed by atoms with van der Waals surface area (Å²) in [6, 6.07) is 8.29. The van der Waals surface area contributed by atoms with Crippen molar-refractivity contribution in [3.8, 4) is 0 Å². The Morgan fingerprint density at radius 3 is 2.60 bits per heavy atom. The molecule has 1 heterocycles. The largest absolute Gasteiger partial charge is 0.347 e. The number of nitrogens with one attached hydrogen (secondary N) is 1. The maximum absolute atomic E-state index is 5.91. The molecular weight excluding hydrogens is 290 g/mol. The number of rotatable bonds is 5. The molecule has 1 aromatic heterocycles. The van der Waals surface area contributed by atoms with Crippen LogP contribution in [0, 0.1) is 6.92 Å². The van der Waals surface area contributed by atoms with Crippen molar-refractivity contribution in [2.75, 3.05) is 19.0 Å². The van der Waals surface area contributed by atoms with Crippen LogP contribution in [-0.4, -0.2) is 19.1 Å². The summed E-state index contributed by atoms with van der Waals surface area (Å²) in [5.41, 5.74) is 2.34. The summed E-state index contributed by atoms with van der Waals surface area (Å²) in [4.78, 5) is 8.14. The maximum Gasteiger partial charge on any atom is 0.185 e. The number of anilines is 1. The number of halogens is 1. The number of hydrogen-bond donors (Lipinski definition) is 1. The van der Waals surface area contributed by atoms with Crippen LogP contribution >= 0.6 is 22.9 Å². The van der Waals surface area contributed by atoms with Crippen molar-refractivity contribution < 1.29 is 0 Å². The van der Waals surface area contributed by atoms with Gasteiger partial charge < -0.3 is 10.2 Å². The van der Waals surface area contributed by atoms with Gasteiger partial charge in [-0.3, -0.25) is 0 Å². The average molecular weight is 310 g/mol. The molecule has 108 valence electrons. The number of nitrogens with zero attached hydrogens (tertiary/aromatic N) is 2. The zero-order valence-electron chi connectivity index (χ0n) is 12.3. The molecule has 5 heteroatoms. The van der Waals surface area contributed by atoms with Gasteiger partial charge in [-0.1, -0.05) is 23.7 Å². The quantitative estimate of drug-likeness (QED) is 0.904. The van der Waals surface area contributed by atoms with E-state index in [-0.39, 0.29) is 0 Å². The van der Waals surface area contributed by atoms with E-state index in [1.54, 1.807) is 11.3 Å². The molecule has 1 atom stereocenters. The average Bonchev–Trinajstić information content (AvgIpc) is 2.82. The first kappa shape index (κ1) is 15.3. The van der Waals surface area contributed by atoms with Gasteiger partial charge in [0.2, 0.25) is 0 Å². The molecule has 1 aromatic carbocycles. The fraction of sp³-hybridized carbons (Fsp3) is 0.400. The number of aryl methyl sites for hydroxylation is 1. The van der Waals surface area contributed by atoms with Gasteiger partial charge in [0, 0.05) is 29.5 Å². The summed E-state index contributed by atoms with van der Waals surface area (Å²) < 4.78 is 0. The number of benzene rings is 1. The summed E-state index contributed by atoms with van der Waals surface area (Å²) in [7, 11) is 4.04. The first-order valence-electron chi connectivity index (χ1n) is 6.61. The third-order valence-corrected chi connectivity index (χ3v) is 5.01. The van der Waals surface area contributed by atoms with E-state index in [0.29, 0.717) is 6.04 Å². The molecule has 0 amide bonds. The molecule has 1 unspecified atom stereocenters. The van der Waals surface area contributed by atoms with Crippen molar-refractivity contribution in [1.82, 2.24) is 10.3 Å². The highest BCUT2D eigenvalue weighted by Gasteiger charge is 2.15. The van der Waals surface area contributed by atoms with E-state index >= 15 is 0 Å². The second-order valence-corrected chi connectivity index (χ2v) is 6.38. The summed E-state index contributed by atoms with van der Waals surface area (Å²) in [6.07, 6.45) is 0. The van der Waals surface area contributed by atoms with E-state index in [1.807, 2.05) is 19.2 Å². The standard InChI is InChI=1S/C15H20ClN3S/c1-10(17-3)14-11(2)18-15(20-14)19(4)9-12-5-7-13(16)8-6-12/h5-8,10,17H,9H2,1-4H3. The molecule has 0 spiro atoms. The summed E-state index contributed by atoms with van der Waals surface area (Å²) >= 11 is 7.66. The molecule has 0 radical (unpaired) electrons. The van der Waals surface area contributed by atoms with Gasteiger partial charge in [-0.2, -0.15) is 0 Å². The SMILES string of the molecule is CNC(C)c1sc(N(C)Cc2ccc(Cl)cc2)nc1C. The zero-order chi connectivity index (χ0) is 14.7. The van der Waals surface area contributed by atoms with Crippen molar-refractivity contribution in [1.29, 1.82) is 0 Å². The molecule has 1 N–H and O–H groups in total. The van der Waals surface area contributed by atoms with Crippen LogP contribution in [0.25, 0.3) is 0 Å². The number of aromatic nitrogens is 1. The lowest BCUT2D eigenvalue weighted by molar-refractivity contribution is 0.658. The molecule has 2 aromatic rings. The van der Waals surface area contributed by atoms with Gasteiger partial charge in [-0.05, 0) is 38.6 Å². The highest BCUT2D eigenvalue weighted by Crippen LogP contribution is 2.30. The molecule has 0 aliphatic carbocycles. The molecule has 20 heavy (non-hydrogen) atoms. The number of hydrogen-bond acceptors (Lipinski definition) is 4. The van der Waals surface area contributed by atoms with Crippen LogP contribution in [0.15, 0.2) is 24.3 Å². The Balaban J connectivity index is 2.13. The van der Waals surface area contributed by atoms with Gasteiger partial charge in [0.1, 0.15) is 0 Å². The Bertz CT molecular complexity index is 565. The minimum atomic E-state index is 0.338. The van der Waals surface area contributed by atoms with Crippen LogP contribution < -0.4 is 10.2 Å². The van der Waals surface area contributed by atoms with Crippen molar-refractivity contribution in [3.05, 3.63) is 45.4 Å². The monoisotopic (exact) mass is 309 g/mol. The van der Waals surface area contributed by atoms with Crippen LogP contribution in [0.2, 0.25) is 5.02 Å². The van der Waals surface area contributed by atoms with Gasteiger partial charge in [0.25, 0.3) is 0 Å². The summed E-state index contributed by atoms with van der Waals surface area (Å²) in [5, 5.41) is 5.09. The van der Waals surface area contributed by atoms with Crippen molar-refractivity contribution in [2.24, 2.45) is 0 Å². The van der Waals surface area contributed by atoms with E-state index in [2.05, 4.69) is 48.2 Å². The highest BCUT2D eigenvalue weighted by atomic mass is 35.5. The van der Waals surface area contributed by atoms with Crippen molar-refractivity contribution in [3.63, 3.8) is 0 Å². The van der Waals surface area contributed by atoms with E-state index in [4.69, 9.17) is 11.6 Å². The first-order valence-corrected chi connectivity index (χ1v) is 7.81. The van der Waals surface area contributed by atoms with Crippen LogP contribution in [0.5, 0.6) is 0 Å². The first-order chi connectivity index (χ1) is 9.51. The van der Waals surface area contributed by atoms with Crippen molar-refractivity contribution in [2.45, 2.75) is 26.4 Å². The Hall–Kier alpha value is -1.10. The van der Waals surface area contributed by atoms with Crippen molar-refractivity contribution >= 4 is 28.1 Å². The minimum Gasteiger partial charge on any atom is -0.347 e. The van der Waals surface area contributed by atoms with Gasteiger partial charge in [-0.15, -0.1) is 11.3 Å². The lowest BCUT2D eigenvalue weighted by Crippen LogP contribution is -2.15. The minimum absolute atomic E-state index is 0.338. The van der Waals surface area contributed by atoms with Gasteiger partial charge in [0.15, 0.2) is 5.13 Å². The molecule has 0 aliphatic heterocycles. The molecule has 0 aliphatic rings. The summed E-state index contributed by atoms with van der Waals surface area (Å²) in [5.74, 6) is 0. The molecule has 0 fully saturated rings. The fourth-order valence-corrected chi connectivity index (χ4v) is 3.23. The van der Waals surface area contributed by atoms with Crippen LogP contribution in [0.3, 0.4) is 0 Å². The topological polar surface area (TPSA) is 28.2 Å². The second kappa shape index (κ2) is 6.57. The van der Waals surface area contributed by atoms with E-state index in [0.717, 1.165) is 22.4 Å². The lowest BCUT2D eigenvalue weighted by Gasteiger charge is -2.15. The molecule has 3 nitrogen and oxygen atoms in total. The Kier molecular flexibility index (Phi) is 5.02. The molecular formula is C15H20ClN3S. The Labute approximate surface area is 129 Å². The zero-order valence-corrected chi connectivity index (χ0v) is 13.8. The second-order valence-electron chi connectivity index (χ2n) is 4.94. The van der Waals surface area contributed by atoms with Crippen LogP contribution in [-0.2, 0) is 6.54 Å². The third-order valence-electron chi connectivity index (χ3n) is 3.31. The third kappa shape index (κ3) is 3.51. The predicted octanol–water partition coefficient (Wildman–Crippen LogP) is 4.02. The maximum atomic E-state index is 5.91.